The maximum atomic E-state index is 13.6. The summed E-state index contributed by atoms with van der Waals surface area (Å²) in [4.78, 5) is 27.9. The van der Waals surface area contributed by atoms with E-state index in [9.17, 15) is 18.0 Å². The zero-order chi connectivity index (χ0) is 26.6. The zero-order valence-electron chi connectivity index (χ0n) is 20.6. The second-order valence-corrected chi connectivity index (χ2v) is 11.8. The first-order valence-corrected chi connectivity index (χ1v) is 13.4. The molecule has 1 atom stereocenters. The largest absolute Gasteiger partial charge is 0.495 e. The lowest BCUT2D eigenvalue weighted by molar-refractivity contribution is -0.140. The van der Waals surface area contributed by atoms with E-state index in [-0.39, 0.29) is 18.0 Å². The number of methoxy groups -OCH3 is 1. The van der Waals surface area contributed by atoms with Gasteiger partial charge in [0.15, 0.2) is 0 Å². The van der Waals surface area contributed by atoms with Crippen molar-refractivity contribution in [2.24, 2.45) is 0 Å². The minimum atomic E-state index is -3.89. The van der Waals surface area contributed by atoms with Crippen LogP contribution in [0.25, 0.3) is 0 Å². The number of ether oxygens (including phenoxy) is 1. The minimum absolute atomic E-state index is 0.0976. The molecular formula is C24H31Cl2N3O5S. The smallest absolute Gasteiger partial charge is 0.244 e. The van der Waals surface area contributed by atoms with Gasteiger partial charge in [0.1, 0.15) is 18.3 Å². The molecule has 1 N–H and O–H groups in total. The number of anilines is 1. The molecule has 0 spiro atoms. The highest BCUT2D eigenvalue weighted by molar-refractivity contribution is 7.92. The van der Waals surface area contributed by atoms with E-state index >= 15 is 0 Å². The number of para-hydroxylation sites is 2. The first kappa shape index (κ1) is 28.7. The van der Waals surface area contributed by atoms with Crippen LogP contribution in [0.3, 0.4) is 0 Å². The number of hydrogen-bond donors (Lipinski definition) is 1. The molecule has 8 nitrogen and oxygen atoms in total. The van der Waals surface area contributed by atoms with Crippen LogP contribution in [-0.2, 0) is 26.2 Å². The van der Waals surface area contributed by atoms with Crippen molar-refractivity contribution >= 4 is 50.7 Å². The summed E-state index contributed by atoms with van der Waals surface area (Å²) >= 11 is 12.7. The van der Waals surface area contributed by atoms with E-state index < -0.39 is 40.0 Å². The Morgan fingerprint density at radius 1 is 1.06 bits per heavy atom. The third-order valence-electron chi connectivity index (χ3n) is 5.09. The average Bonchev–Trinajstić information content (AvgIpc) is 2.74. The first-order valence-electron chi connectivity index (χ1n) is 10.8. The van der Waals surface area contributed by atoms with Gasteiger partial charge >= 0.3 is 0 Å². The number of benzene rings is 2. The number of nitrogens with zero attached hydrogens (tertiary/aromatic N) is 2. The highest BCUT2D eigenvalue weighted by Crippen LogP contribution is 2.30. The Balaban J connectivity index is 2.51. The van der Waals surface area contributed by atoms with Crippen LogP contribution in [0.2, 0.25) is 10.0 Å². The van der Waals surface area contributed by atoms with Gasteiger partial charge in [-0.1, -0.05) is 41.4 Å². The van der Waals surface area contributed by atoms with E-state index in [4.69, 9.17) is 27.9 Å². The van der Waals surface area contributed by atoms with E-state index in [1.54, 1.807) is 43.3 Å². The van der Waals surface area contributed by atoms with Crippen LogP contribution >= 0.6 is 23.2 Å². The number of carbonyl (C=O) groups is 2. The maximum absolute atomic E-state index is 13.6. The van der Waals surface area contributed by atoms with Crippen LogP contribution in [0.4, 0.5) is 5.69 Å². The number of amides is 2. The zero-order valence-corrected chi connectivity index (χ0v) is 23.0. The van der Waals surface area contributed by atoms with Crippen LogP contribution in [-0.4, -0.2) is 56.6 Å². The van der Waals surface area contributed by atoms with E-state index in [0.717, 1.165) is 10.6 Å². The molecule has 35 heavy (non-hydrogen) atoms. The quantitative estimate of drug-likeness (QED) is 0.513. The second-order valence-electron chi connectivity index (χ2n) is 9.08. The minimum Gasteiger partial charge on any atom is -0.495 e. The summed E-state index contributed by atoms with van der Waals surface area (Å²) in [5.41, 5.74) is 0.106. The molecule has 0 unspecified atom stereocenters. The molecule has 0 aliphatic carbocycles. The lowest BCUT2D eigenvalue weighted by Crippen LogP contribution is -2.54. The normalized spacial score (nSPS) is 12.6. The fraction of sp³-hybridized carbons (Fsp3) is 0.417. The fourth-order valence-corrected chi connectivity index (χ4v) is 4.71. The summed E-state index contributed by atoms with van der Waals surface area (Å²) < 4.78 is 31.6. The van der Waals surface area contributed by atoms with Crippen molar-refractivity contribution in [1.29, 1.82) is 0 Å². The summed E-state index contributed by atoms with van der Waals surface area (Å²) in [6.45, 7) is 6.37. The third kappa shape index (κ3) is 7.75. The molecule has 2 amide bonds. The number of sulfonamides is 1. The molecule has 0 aliphatic rings. The lowest BCUT2D eigenvalue weighted by Gasteiger charge is -2.33. The van der Waals surface area contributed by atoms with Crippen molar-refractivity contribution < 1.29 is 22.7 Å². The summed E-state index contributed by atoms with van der Waals surface area (Å²) in [6.07, 6.45) is 0.998. The number of hydrogen-bond acceptors (Lipinski definition) is 5. The Hall–Kier alpha value is -2.49. The van der Waals surface area contributed by atoms with Crippen molar-refractivity contribution in [3.63, 3.8) is 0 Å². The van der Waals surface area contributed by atoms with Crippen LogP contribution in [0.1, 0.15) is 33.3 Å². The molecule has 0 aromatic heterocycles. The molecule has 11 heteroatoms. The number of nitrogens with one attached hydrogen (secondary N) is 1. The summed E-state index contributed by atoms with van der Waals surface area (Å²) in [5, 5.41) is 3.50. The van der Waals surface area contributed by atoms with Gasteiger partial charge in [-0.3, -0.25) is 13.9 Å². The number of rotatable bonds is 9. The van der Waals surface area contributed by atoms with Crippen molar-refractivity contribution in [1.82, 2.24) is 10.2 Å². The van der Waals surface area contributed by atoms with Gasteiger partial charge in [0, 0.05) is 27.7 Å². The lowest BCUT2D eigenvalue weighted by atomic mass is 10.1. The van der Waals surface area contributed by atoms with Crippen molar-refractivity contribution in [3.8, 4) is 5.75 Å². The SMILES string of the molecule is COc1ccccc1N(CC(=O)N(Cc1c(Cl)cccc1Cl)[C@H](C)C(=O)NC(C)(C)C)S(C)(=O)=O. The van der Waals surface area contributed by atoms with E-state index in [1.807, 2.05) is 20.8 Å². The van der Waals surface area contributed by atoms with Gasteiger partial charge in [0.25, 0.3) is 0 Å². The van der Waals surface area contributed by atoms with Crippen LogP contribution in [0.5, 0.6) is 5.75 Å². The summed E-state index contributed by atoms with van der Waals surface area (Å²) in [7, 11) is -2.48. The Bertz CT molecular complexity index is 1160. The summed E-state index contributed by atoms with van der Waals surface area (Å²) in [5.74, 6) is -0.740. The van der Waals surface area contributed by atoms with Crippen molar-refractivity contribution in [3.05, 3.63) is 58.1 Å². The first-order chi connectivity index (χ1) is 16.2. The van der Waals surface area contributed by atoms with Gasteiger partial charge in [0.2, 0.25) is 21.8 Å². The van der Waals surface area contributed by atoms with Gasteiger partial charge < -0.3 is 15.0 Å². The Morgan fingerprint density at radius 2 is 1.63 bits per heavy atom. The monoisotopic (exact) mass is 543 g/mol. The molecular weight excluding hydrogens is 513 g/mol. The topological polar surface area (TPSA) is 96.0 Å². The molecule has 2 aromatic carbocycles. The van der Waals surface area contributed by atoms with E-state index in [2.05, 4.69) is 5.32 Å². The molecule has 192 valence electrons. The van der Waals surface area contributed by atoms with Crippen LogP contribution in [0.15, 0.2) is 42.5 Å². The van der Waals surface area contributed by atoms with Gasteiger partial charge in [-0.2, -0.15) is 0 Å². The highest BCUT2D eigenvalue weighted by Gasteiger charge is 2.32. The molecule has 0 saturated carbocycles. The summed E-state index contributed by atoms with van der Waals surface area (Å²) in [6, 6.07) is 10.4. The van der Waals surface area contributed by atoms with E-state index in [1.165, 1.54) is 18.1 Å². The molecule has 0 bridgehead atoms. The van der Waals surface area contributed by atoms with Crippen LogP contribution < -0.4 is 14.4 Å². The molecule has 0 radical (unpaired) electrons. The van der Waals surface area contributed by atoms with Gasteiger partial charge in [-0.15, -0.1) is 0 Å². The molecule has 0 heterocycles. The fourth-order valence-electron chi connectivity index (χ4n) is 3.34. The number of carbonyl (C=O) groups excluding carboxylic acids is 2. The van der Waals surface area contributed by atoms with Crippen molar-refractivity contribution in [2.45, 2.75) is 45.8 Å². The molecule has 0 aliphatic heterocycles. The van der Waals surface area contributed by atoms with E-state index in [0.29, 0.717) is 15.6 Å². The predicted molar refractivity (Wildman–Crippen MR) is 140 cm³/mol. The Labute approximate surface area is 217 Å². The van der Waals surface area contributed by atoms with Gasteiger partial charge in [-0.05, 0) is 52.0 Å². The Kier molecular flexibility index (Phi) is 9.44. The molecule has 0 saturated heterocycles. The van der Waals surface area contributed by atoms with Crippen LogP contribution in [0, 0.1) is 0 Å². The second kappa shape index (κ2) is 11.5. The highest BCUT2D eigenvalue weighted by atomic mass is 35.5. The number of halogens is 2. The third-order valence-corrected chi connectivity index (χ3v) is 6.92. The Morgan fingerprint density at radius 3 is 2.14 bits per heavy atom. The predicted octanol–water partition coefficient (Wildman–Crippen LogP) is 4.10. The molecule has 2 rings (SSSR count). The molecule has 2 aromatic rings. The van der Waals surface area contributed by atoms with Gasteiger partial charge in [-0.25, -0.2) is 8.42 Å². The standard InChI is InChI=1S/C24H31Cl2N3O5S/c1-16(23(31)27-24(2,3)4)28(14-17-18(25)10-9-11-19(17)26)22(30)15-29(35(6,32)33)20-12-7-8-13-21(20)34-5/h7-13,16H,14-15H2,1-6H3,(H,27,31)/t16-/m1/s1. The van der Waals surface area contributed by atoms with Gasteiger partial charge in [0.05, 0.1) is 19.1 Å². The molecule has 0 fully saturated rings. The van der Waals surface area contributed by atoms with Crippen molar-refractivity contribution in [2.75, 3.05) is 24.2 Å². The average molecular weight is 545 g/mol. The maximum Gasteiger partial charge on any atom is 0.244 e.